The van der Waals surface area contributed by atoms with E-state index in [0.29, 0.717) is 55.9 Å². The zero-order valence-corrected chi connectivity index (χ0v) is 18.3. The fraction of sp³-hybridized carbons (Fsp3) is 0.435. The maximum Gasteiger partial charge on any atom is 0.290 e. The van der Waals surface area contributed by atoms with E-state index in [9.17, 15) is 14.0 Å². The van der Waals surface area contributed by atoms with Crippen molar-refractivity contribution in [1.82, 2.24) is 24.4 Å². The molecule has 1 atom stereocenters. The summed E-state index contributed by atoms with van der Waals surface area (Å²) in [6, 6.07) is 7.88. The highest BCUT2D eigenvalue weighted by Crippen LogP contribution is 2.45. The lowest BCUT2D eigenvalue weighted by Gasteiger charge is -2.38. The molecule has 6 rings (SSSR count). The molecule has 2 fully saturated rings. The number of fused-ring (bicyclic) bond motifs is 3. The number of amides is 2. The second kappa shape index (κ2) is 7.23. The summed E-state index contributed by atoms with van der Waals surface area (Å²) >= 11 is 0. The number of nitrogens with zero attached hydrogens (tertiary/aromatic N) is 6. The van der Waals surface area contributed by atoms with Gasteiger partial charge >= 0.3 is 0 Å². The van der Waals surface area contributed by atoms with Crippen molar-refractivity contribution < 1.29 is 14.0 Å². The van der Waals surface area contributed by atoms with E-state index in [0.717, 1.165) is 11.3 Å². The molecule has 0 radical (unpaired) electrons. The van der Waals surface area contributed by atoms with Gasteiger partial charge in [0.15, 0.2) is 17.0 Å². The number of alkyl halides is 1. The number of para-hydroxylation sites is 1. The van der Waals surface area contributed by atoms with Crippen molar-refractivity contribution in [2.75, 3.05) is 36.4 Å². The van der Waals surface area contributed by atoms with Gasteiger partial charge in [-0.2, -0.15) is 0 Å². The van der Waals surface area contributed by atoms with Crippen LogP contribution in [0.4, 0.5) is 15.9 Å². The van der Waals surface area contributed by atoms with Crippen LogP contribution in [0.25, 0.3) is 11.2 Å². The highest BCUT2D eigenvalue weighted by atomic mass is 19.1. The van der Waals surface area contributed by atoms with Crippen molar-refractivity contribution in [2.24, 2.45) is 7.05 Å². The maximum absolute atomic E-state index is 13.6. The Labute approximate surface area is 189 Å². The van der Waals surface area contributed by atoms with Gasteiger partial charge in [-0.25, -0.2) is 19.3 Å². The largest absolute Gasteiger partial charge is 0.355 e. The highest BCUT2D eigenvalue weighted by Gasteiger charge is 2.48. The van der Waals surface area contributed by atoms with Gasteiger partial charge in [0, 0.05) is 32.4 Å². The smallest absolute Gasteiger partial charge is 0.290 e. The van der Waals surface area contributed by atoms with E-state index in [-0.39, 0.29) is 24.2 Å². The molecule has 0 unspecified atom stereocenters. The maximum atomic E-state index is 13.6. The first-order valence-corrected chi connectivity index (χ1v) is 11.2. The molecule has 10 heteroatoms. The molecule has 5 heterocycles. The predicted octanol–water partition coefficient (Wildman–Crippen LogP) is 2.04. The Kier molecular flexibility index (Phi) is 4.40. The molecule has 1 aromatic carbocycles. The molecule has 0 bridgehead atoms. The summed E-state index contributed by atoms with van der Waals surface area (Å²) in [5, 5.41) is 3.03. The third-order valence-electron chi connectivity index (χ3n) is 7.29. The van der Waals surface area contributed by atoms with Gasteiger partial charge in [-0.05, 0) is 30.9 Å². The number of carbonyl (C=O) groups is 2. The lowest BCUT2D eigenvalue weighted by atomic mass is 9.73. The molecule has 1 N–H and O–H groups in total. The van der Waals surface area contributed by atoms with E-state index in [2.05, 4.69) is 25.2 Å². The molecular weight excluding hydrogens is 425 g/mol. The van der Waals surface area contributed by atoms with Crippen molar-refractivity contribution in [3.8, 4) is 0 Å². The SMILES string of the molecule is Cn1c(C(=O)N2CC[C@H](F)C2)nc2c(N3CCC4(CC3)C(=O)Nc3ccccc34)ncnc21. The second-order valence-electron chi connectivity index (χ2n) is 9.07. The third kappa shape index (κ3) is 2.93. The standard InChI is InChI=1S/C23H24FN7O2/c1-29-18-17(28-20(29)21(32)31-9-6-14(24)12-31)19(26-13-25-18)30-10-7-23(8-11-30)15-4-2-3-5-16(15)27-22(23)33/h2-5,13-14H,6-12H2,1H3,(H,27,33)/t14-/m0/s1. The zero-order valence-electron chi connectivity index (χ0n) is 18.3. The summed E-state index contributed by atoms with van der Waals surface area (Å²) in [7, 11) is 1.74. The number of likely N-dealkylation sites (tertiary alicyclic amines) is 1. The van der Waals surface area contributed by atoms with E-state index >= 15 is 0 Å². The minimum absolute atomic E-state index is 0.0543. The molecule has 3 aliphatic heterocycles. The number of anilines is 2. The van der Waals surface area contributed by atoms with Crippen molar-refractivity contribution in [3.63, 3.8) is 0 Å². The van der Waals surface area contributed by atoms with E-state index in [1.54, 1.807) is 11.6 Å². The van der Waals surface area contributed by atoms with Crippen molar-refractivity contribution in [2.45, 2.75) is 30.8 Å². The first-order valence-electron chi connectivity index (χ1n) is 11.2. The fourth-order valence-corrected chi connectivity index (χ4v) is 5.42. The predicted molar refractivity (Wildman–Crippen MR) is 120 cm³/mol. The number of carbonyl (C=O) groups excluding carboxylic acids is 2. The number of rotatable bonds is 2. The molecular formula is C23H24FN7O2. The number of hydrogen-bond acceptors (Lipinski definition) is 6. The van der Waals surface area contributed by atoms with Crippen LogP contribution in [0.3, 0.4) is 0 Å². The third-order valence-corrected chi connectivity index (χ3v) is 7.29. The number of aryl methyl sites for hydroxylation is 1. The molecule has 2 aromatic heterocycles. The average Bonchev–Trinajstić information content (AvgIpc) is 3.49. The Bertz CT molecular complexity index is 1280. The normalized spacial score (nSPS) is 21.6. The topological polar surface area (TPSA) is 96.2 Å². The lowest BCUT2D eigenvalue weighted by molar-refractivity contribution is -0.121. The molecule has 2 amide bonds. The zero-order chi connectivity index (χ0) is 22.7. The van der Waals surface area contributed by atoms with Crippen LogP contribution in [0.2, 0.25) is 0 Å². The van der Waals surface area contributed by atoms with Crippen LogP contribution < -0.4 is 10.2 Å². The minimum atomic E-state index is -0.988. The van der Waals surface area contributed by atoms with Crippen molar-refractivity contribution >= 4 is 34.5 Å². The molecule has 0 aliphatic carbocycles. The number of imidazole rings is 1. The van der Waals surface area contributed by atoms with Crippen LogP contribution in [0.5, 0.6) is 0 Å². The van der Waals surface area contributed by atoms with Gasteiger partial charge in [0.2, 0.25) is 11.7 Å². The van der Waals surface area contributed by atoms with E-state index < -0.39 is 11.6 Å². The Morgan fingerprint density at radius 1 is 1.18 bits per heavy atom. The van der Waals surface area contributed by atoms with Crippen LogP contribution in [-0.2, 0) is 17.3 Å². The van der Waals surface area contributed by atoms with Gasteiger partial charge in [0.25, 0.3) is 5.91 Å². The van der Waals surface area contributed by atoms with E-state index in [1.165, 1.54) is 11.2 Å². The highest BCUT2D eigenvalue weighted by molar-refractivity contribution is 6.06. The first-order chi connectivity index (χ1) is 16.0. The second-order valence-corrected chi connectivity index (χ2v) is 9.07. The monoisotopic (exact) mass is 449 g/mol. The first kappa shape index (κ1) is 20.1. The summed E-state index contributed by atoms with van der Waals surface area (Å²) in [4.78, 5) is 42.9. The Morgan fingerprint density at radius 3 is 2.73 bits per heavy atom. The summed E-state index contributed by atoms with van der Waals surface area (Å²) in [6.45, 7) is 1.74. The van der Waals surface area contributed by atoms with Gasteiger partial charge in [-0.15, -0.1) is 0 Å². The minimum Gasteiger partial charge on any atom is -0.355 e. The summed E-state index contributed by atoms with van der Waals surface area (Å²) in [6.07, 6.45) is 2.16. The van der Waals surface area contributed by atoms with E-state index in [1.807, 2.05) is 24.3 Å². The molecule has 9 nitrogen and oxygen atoms in total. The summed E-state index contributed by atoms with van der Waals surface area (Å²) in [5.74, 6) is 0.650. The quantitative estimate of drug-likeness (QED) is 0.643. The fourth-order valence-electron chi connectivity index (χ4n) is 5.42. The van der Waals surface area contributed by atoms with Gasteiger partial charge < -0.3 is 19.7 Å². The van der Waals surface area contributed by atoms with Crippen LogP contribution in [0, 0.1) is 0 Å². The number of aromatic nitrogens is 4. The van der Waals surface area contributed by atoms with Gasteiger partial charge in [0.05, 0.1) is 12.0 Å². The van der Waals surface area contributed by atoms with Gasteiger partial charge in [-0.3, -0.25) is 9.59 Å². The van der Waals surface area contributed by atoms with Gasteiger partial charge in [-0.1, -0.05) is 18.2 Å². The number of piperidine rings is 1. The Balaban J connectivity index is 1.30. The Hall–Kier alpha value is -3.56. The lowest BCUT2D eigenvalue weighted by Crippen LogP contribution is -2.46. The van der Waals surface area contributed by atoms with E-state index in [4.69, 9.17) is 0 Å². The molecule has 3 aliphatic rings. The molecule has 1 spiro atoms. The number of nitrogens with one attached hydrogen (secondary N) is 1. The Morgan fingerprint density at radius 2 is 1.97 bits per heavy atom. The van der Waals surface area contributed by atoms with Crippen LogP contribution in [0.1, 0.15) is 35.4 Å². The average molecular weight is 449 g/mol. The van der Waals surface area contributed by atoms with Crippen molar-refractivity contribution in [3.05, 3.63) is 42.0 Å². The number of hydrogen-bond donors (Lipinski definition) is 1. The van der Waals surface area contributed by atoms with Crippen LogP contribution in [-0.4, -0.2) is 68.6 Å². The number of benzene rings is 1. The van der Waals surface area contributed by atoms with Gasteiger partial charge in [0.1, 0.15) is 12.5 Å². The number of halogens is 1. The summed E-state index contributed by atoms with van der Waals surface area (Å²) in [5.41, 5.74) is 2.54. The van der Waals surface area contributed by atoms with Crippen molar-refractivity contribution in [1.29, 1.82) is 0 Å². The van der Waals surface area contributed by atoms with Crippen LogP contribution in [0.15, 0.2) is 30.6 Å². The molecule has 3 aromatic rings. The molecule has 0 saturated carbocycles. The van der Waals surface area contributed by atoms with Crippen LogP contribution >= 0.6 is 0 Å². The molecule has 33 heavy (non-hydrogen) atoms. The summed E-state index contributed by atoms with van der Waals surface area (Å²) < 4.78 is 15.3. The molecule has 2 saturated heterocycles. The molecule has 170 valence electrons.